The van der Waals surface area contributed by atoms with Crippen molar-refractivity contribution in [1.82, 2.24) is 0 Å². The number of carboxylic acids is 1. The highest BCUT2D eigenvalue weighted by Crippen LogP contribution is 2.09. The van der Waals surface area contributed by atoms with Gasteiger partial charge in [0.15, 0.2) is 0 Å². The third-order valence-electron chi connectivity index (χ3n) is 3.29. The molecule has 0 spiro atoms. The summed E-state index contributed by atoms with van der Waals surface area (Å²) < 4.78 is 4.56. The molecular formula is C19H20Br2O4. The number of methoxy groups -OCH3 is 1. The van der Waals surface area contributed by atoms with Crippen LogP contribution >= 0.6 is 31.9 Å². The molecule has 2 aromatic carbocycles. The van der Waals surface area contributed by atoms with E-state index in [2.05, 4.69) is 36.6 Å². The van der Waals surface area contributed by atoms with Gasteiger partial charge in [-0.1, -0.05) is 80.4 Å². The highest BCUT2D eigenvalue weighted by atomic mass is 79.9. The van der Waals surface area contributed by atoms with E-state index in [9.17, 15) is 9.59 Å². The lowest BCUT2D eigenvalue weighted by atomic mass is 10.1. The third kappa shape index (κ3) is 8.84. The molecule has 1 N–H and O–H groups in total. The summed E-state index contributed by atoms with van der Waals surface area (Å²) in [7, 11) is 1.40. The van der Waals surface area contributed by atoms with Gasteiger partial charge in [-0.2, -0.15) is 0 Å². The largest absolute Gasteiger partial charge is 0.481 e. The Morgan fingerprint density at radius 1 is 0.800 bits per heavy atom. The number of esters is 1. The molecule has 0 amide bonds. The minimum Gasteiger partial charge on any atom is -0.481 e. The molecule has 0 unspecified atom stereocenters. The topological polar surface area (TPSA) is 63.6 Å². The van der Waals surface area contributed by atoms with E-state index in [1.807, 2.05) is 48.5 Å². The van der Waals surface area contributed by atoms with E-state index in [-0.39, 0.29) is 12.4 Å². The number of rotatable bonds is 6. The fourth-order valence-electron chi connectivity index (χ4n) is 1.91. The van der Waals surface area contributed by atoms with Crippen molar-refractivity contribution < 1.29 is 19.4 Å². The lowest BCUT2D eigenvalue weighted by molar-refractivity contribution is -0.140. The molecule has 2 aromatic rings. The molecule has 4 nitrogen and oxygen atoms in total. The molecule has 0 bridgehead atoms. The molecule has 0 saturated heterocycles. The van der Waals surface area contributed by atoms with Crippen molar-refractivity contribution in [2.75, 3.05) is 7.11 Å². The number of carbonyl (C=O) groups excluding carboxylic acids is 1. The quantitative estimate of drug-likeness (QED) is 0.497. The van der Waals surface area contributed by atoms with Crippen molar-refractivity contribution in [2.45, 2.75) is 23.5 Å². The predicted octanol–water partition coefficient (Wildman–Crippen LogP) is 4.51. The molecule has 0 saturated carbocycles. The molecule has 25 heavy (non-hydrogen) atoms. The number of benzene rings is 2. The molecule has 0 heterocycles. The van der Waals surface area contributed by atoms with Crippen LogP contribution < -0.4 is 0 Å². The lowest BCUT2D eigenvalue weighted by Gasteiger charge is -2.00. The Kier molecular flexibility index (Phi) is 10.1. The van der Waals surface area contributed by atoms with Gasteiger partial charge in [-0.15, -0.1) is 0 Å². The van der Waals surface area contributed by atoms with Crippen LogP contribution in [0.15, 0.2) is 48.5 Å². The number of alkyl halides is 2. The first kappa shape index (κ1) is 21.4. The van der Waals surface area contributed by atoms with Crippen LogP contribution in [0.2, 0.25) is 0 Å². The second-order valence-electron chi connectivity index (χ2n) is 5.22. The zero-order valence-corrected chi connectivity index (χ0v) is 17.0. The van der Waals surface area contributed by atoms with Gasteiger partial charge in [0.25, 0.3) is 0 Å². The standard InChI is InChI=1S/C10H11BrO2.C9H9BrO2/c1-13-10(12)6-8-2-4-9(7-11)5-3-8;10-6-8-3-1-7(2-4-8)5-9(11)12/h2-5H,6-7H2,1H3;1-4H,5-6H2,(H,11,12). The molecule has 0 aliphatic rings. The van der Waals surface area contributed by atoms with E-state index in [4.69, 9.17) is 5.11 Å². The number of hydrogen-bond acceptors (Lipinski definition) is 3. The molecule has 6 heteroatoms. The van der Waals surface area contributed by atoms with Crippen molar-refractivity contribution in [1.29, 1.82) is 0 Å². The molecule has 2 rings (SSSR count). The van der Waals surface area contributed by atoms with E-state index in [0.717, 1.165) is 27.4 Å². The summed E-state index contributed by atoms with van der Waals surface area (Å²) in [6.45, 7) is 0. The number of hydrogen-bond donors (Lipinski definition) is 1. The maximum Gasteiger partial charge on any atom is 0.309 e. The molecular weight excluding hydrogens is 452 g/mol. The molecule has 0 atom stereocenters. The summed E-state index contributed by atoms with van der Waals surface area (Å²) in [5, 5.41) is 10.1. The van der Waals surface area contributed by atoms with Crippen molar-refractivity contribution in [3.63, 3.8) is 0 Å². The van der Waals surface area contributed by atoms with Crippen molar-refractivity contribution in [3.8, 4) is 0 Å². The summed E-state index contributed by atoms with van der Waals surface area (Å²) in [6.07, 6.45) is 0.446. The Bertz CT molecular complexity index is 667. The van der Waals surface area contributed by atoms with Crippen molar-refractivity contribution in [3.05, 3.63) is 70.8 Å². The van der Waals surface area contributed by atoms with Gasteiger partial charge in [-0.25, -0.2) is 0 Å². The van der Waals surface area contributed by atoms with Crippen LogP contribution in [0.4, 0.5) is 0 Å². The van der Waals surface area contributed by atoms with E-state index in [1.54, 1.807) is 0 Å². The molecule has 0 fully saturated rings. The highest BCUT2D eigenvalue weighted by Gasteiger charge is 2.01. The van der Waals surface area contributed by atoms with Crippen LogP contribution in [0, 0.1) is 0 Å². The Morgan fingerprint density at radius 3 is 1.48 bits per heavy atom. The first-order valence-electron chi connectivity index (χ1n) is 7.54. The Balaban J connectivity index is 0.000000251. The molecule has 134 valence electrons. The van der Waals surface area contributed by atoms with Gasteiger partial charge < -0.3 is 9.84 Å². The number of aliphatic carboxylic acids is 1. The van der Waals surface area contributed by atoms with Crippen molar-refractivity contribution in [2.24, 2.45) is 0 Å². The summed E-state index contributed by atoms with van der Waals surface area (Å²) in [5.41, 5.74) is 4.18. The average molecular weight is 472 g/mol. The minimum absolute atomic E-state index is 0.0998. The Hall–Kier alpha value is -1.66. The third-order valence-corrected chi connectivity index (χ3v) is 4.58. The van der Waals surface area contributed by atoms with Gasteiger partial charge in [-0.3, -0.25) is 9.59 Å². The molecule has 0 radical (unpaired) electrons. The first-order valence-corrected chi connectivity index (χ1v) is 9.79. The smallest absolute Gasteiger partial charge is 0.309 e. The molecule has 0 aromatic heterocycles. The fourth-order valence-corrected chi connectivity index (χ4v) is 2.65. The second kappa shape index (κ2) is 11.8. The van der Waals surface area contributed by atoms with Gasteiger partial charge in [0, 0.05) is 10.7 Å². The van der Waals surface area contributed by atoms with Gasteiger partial charge >= 0.3 is 11.9 Å². The van der Waals surface area contributed by atoms with Gasteiger partial charge in [-0.05, 0) is 22.3 Å². The zero-order chi connectivity index (χ0) is 18.7. The van der Waals surface area contributed by atoms with Crippen LogP contribution in [0.3, 0.4) is 0 Å². The maximum absolute atomic E-state index is 10.9. The summed E-state index contributed by atoms with van der Waals surface area (Å²) in [5.74, 6) is -0.992. The van der Waals surface area contributed by atoms with Crippen molar-refractivity contribution >= 4 is 43.8 Å². The minimum atomic E-state index is -0.790. The average Bonchev–Trinajstić information content (AvgIpc) is 2.63. The van der Waals surface area contributed by atoms with E-state index in [0.29, 0.717) is 6.42 Å². The zero-order valence-electron chi connectivity index (χ0n) is 13.9. The Labute approximate surface area is 164 Å². The monoisotopic (exact) mass is 470 g/mol. The first-order chi connectivity index (χ1) is 12.0. The van der Waals surface area contributed by atoms with Crippen LogP contribution in [-0.4, -0.2) is 24.2 Å². The Morgan fingerprint density at radius 2 is 1.16 bits per heavy atom. The normalized spacial score (nSPS) is 9.72. The maximum atomic E-state index is 10.9. The molecule has 0 aliphatic carbocycles. The van der Waals surface area contributed by atoms with E-state index < -0.39 is 5.97 Å². The predicted molar refractivity (Wildman–Crippen MR) is 105 cm³/mol. The molecule has 0 aliphatic heterocycles. The van der Waals surface area contributed by atoms with Gasteiger partial charge in [0.05, 0.1) is 20.0 Å². The van der Waals surface area contributed by atoms with Crippen LogP contribution in [-0.2, 0) is 37.8 Å². The van der Waals surface area contributed by atoms with Crippen LogP contribution in [0.5, 0.6) is 0 Å². The second-order valence-corrected chi connectivity index (χ2v) is 6.35. The number of ether oxygens (including phenoxy) is 1. The van der Waals surface area contributed by atoms with Crippen LogP contribution in [0.1, 0.15) is 22.3 Å². The number of carbonyl (C=O) groups is 2. The fraction of sp³-hybridized carbons (Fsp3) is 0.263. The van der Waals surface area contributed by atoms with E-state index >= 15 is 0 Å². The van der Waals surface area contributed by atoms with Gasteiger partial charge in [0.2, 0.25) is 0 Å². The number of carboxylic acid groups (broad SMARTS) is 1. The highest BCUT2D eigenvalue weighted by molar-refractivity contribution is 9.08. The number of halogens is 2. The summed E-state index contributed by atoms with van der Waals surface area (Å²) in [6, 6.07) is 15.4. The van der Waals surface area contributed by atoms with Crippen LogP contribution in [0.25, 0.3) is 0 Å². The lowest BCUT2D eigenvalue weighted by Crippen LogP contribution is -2.04. The summed E-state index contributed by atoms with van der Waals surface area (Å²) in [4.78, 5) is 21.2. The van der Waals surface area contributed by atoms with Gasteiger partial charge in [0.1, 0.15) is 0 Å². The SMILES string of the molecule is COC(=O)Cc1ccc(CBr)cc1.O=C(O)Cc1ccc(CBr)cc1. The summed E-state index contributed by atoms with van der Waals surface area (Å²) >= 11 is 6.67. The van der Waals surface area contributed by atoms with E-state index in [1.165, 1.54) is 12.7 Å².